The molecule has 0 aliphatic heterocycles. The van der Waals surface area contributed by atoms with Crippen LogP contribution in [0.15, 0.2) is 0 Å². The van der Waals surface area contributed by atoms with Crippen LogP contribution in [0.4, 0.5) is 4.79 Å². The van der Waals surface area contributed by atoms with Crippen LogP contribution in [0.3, 0.4) is 0 Å². The zero-order valence-electron chi connectivity index (χ0n) is 8.56. The number of alkyl carbamates (subject to hydrolysis) is 1. The van der Waals surface area contributed by atoms with Crippen LogP contribution >= 0.6 is 0 Å². The van der Waals surface area contributed by atoms with Crippen molar-refractivity contribution < 1.29 is 9.53 Å². The molecular weight excluding hydrogens is 168 g/mol. The van der Waals surface area contributed by atoms with E-state index in [1.165, 1.54) is 12.8 Å². The smallest absolute Gasteiger partial charge is 0.406 e. The average Bonchev–Trinajstić information content (AvgIpc) is 2.16. The summed E-state index contributed by atoms with van der Waals surface area (Å²) in [5.41, 5.74) is 0. The van der Waals surface area contributed by atoms with Gasteiger partial charge in [-0.15, -0.1) is 0 Å². The standard InChI is InChI=1S/C9H20N2O2/c1-3-4-6-11-7-5-8-13-9(12)10-2/h11H,3-8H2,1-2H3,(H,10,12). The lowest BCUT2D eigenvalue weighted by molar-refractivity contribution is 0.147. The lowest BCUT2D eigenvalue weighted by Gasteiger charge is -2.04. The molecule has 2 N–H and O–H groups in total. The van der Waals surface area contributed by atoms with E-state index in [0.717, 1.165) is 19.5 Å². The van der Waals surface area contributed by atoms with E-state index in [9.17, 15) is 4.79 Å². The summed E-state index contributed by atoms with van der Waals surface area (Å²) in [7, 11) is 1.56. The molecule has 0 bridgehead atoms. The normalized spacial score (nSPS) is 9.69. The first-order valence-corrected chi connectivity index (χ1v) is 4.86. The Labute approximate surface area is 80.0 Å². The Morgan fingerprint density at radius 1 is 1.31 bits per heavy atom. The third-order valence-electron chi connectivity index (χ3n) is 1.64. The number of ether oxygens (including phenoxy) is 1. The summed E-state index contributed by atoms with van der Waals surface area (Å²) >= 11 is 0. The molecule has 0 saturated carbocycles. The lowest BCUT2D eigenvalue weighted by Crippen LogP contribution is -2.22. The Morgan fingerprint density at radius 2 is 2.00 bits per heavy atom. The van der Waals surface area contributed by atoms with Gasteiger partial charge < -0.3 is 15.4 Å². The number of rotatable bonds is 7. The van der Waals surface area contributed by atoms with Crippen LogP contribution < -0.4 is 10.6 Å². The van der Waals surface area contributed by atoms with E-state index < -0.39 is 0 Å². The van der Waals surface area contributed by atoms with Crippen molar-refractivity contribution in [2.24, 2.45) is 0 Å². The molecule has 0 aromatic heterocycles. The van der Waals surface area contributed by atoms with Crippen molar-refractivity contribution in [3.8, 4) is 0 Å². The maximum Gasteiger partial charge on any atom is 0.406 e. The fraction of sp³-hybridized carbons (Fsp3) is 0.889. The van der Waals surface area contributed by atoms with Crippen LogP contribution in [0.1, 0.15) is 26.2 Å². The van der Waals surface area contributed by atoms with E-state index in [4.69, 9.17) is 4.74 Å². The van der Waals surface area contributed by atoms with Gasteiger partial charge in [-0.2, -0.15) is 0 Å². The molecule has 0 spiro atoms. The quantitative estimate of drug-likeness (QED) is 0.589. The molecule has 0 aliphatic carbocycles. The molecule has 0 rings (SSSR count). The van der Waals surface area contributed by atoms with Gasteiger partial charge in [-0.05, 0) is 25.9 Å². The molecule has 0 aliphatic rings. The van der Waals surface area contributed by atoms with Crippen molar-refractivity contribution in [2.75, 3.05) is 26.7 Å². The Balaban J connectivity index is 2.95. The molecule has 0 saturated heterocycles. The monoisotopic (exact) mass is 188 g/mol. The Hall–Kier alpha value is -0.770. The lowest BCUT2D eigenvalue weighted by atomic mass is 10.3. The molecule has 4 nitrogen and oxygen atoms in total. The van der Waals surface area contributed by atoms with Crippen LogP contribution in [-0.2, 0) is 4.74 Å². The minimum atomic E-state index is -0.353. The summed E-state index contributed by atoms with van der Waals surface area (Å²) in [5, 5.41) is 5.66. The van der Waals surface area contributed by atoms with Gasteiger partial charge in [0.25, 0.3) is 0 Å². The second-order valence-corrected chi connectivity index (χ2v) is 2.84. The summed E-state index contributed by atoms with van der Waals surface area (Å²) in [6.45, 7) is 4.61. The van der Waals surface area contributed by atoms with Crippen molar-refractivity contribution in [3.05, 3.63) is 0 Å². The number of carbonyl (C=O) groups is 1. The van der Waals surface area contributed by atoms with Crippen molar-refractivity contribution in [1.82, 2.24) is 10.6 Å². The number of amides is 1. The van der Waals surface area contributed by atoms with Gasteiger partial charge in [0, 0.05) is 7.05 Å². The van der Waals surface area contributed by atoms with Gasteiger partial charge >= 0.3 is 6.09 Å². The zero-order valence-corrected chi connectivity index (χ0v) is 8.56. The van der Waals surface area contributed by atoms with Gasteiger partial charge in [0.15, 0.2) is 0 Å². The van der Waals surface area contributed by atoms with E-state index in [1.54, 1.807) is 7.05 Å². The molecule has 0 radical (unpaired) electrons. The van der Waals surface area contributed by atoms with Crippen molar-refractivity contribution in [1.29, 1.82) is 0 Å². The molecule has 0 atom stereocenters. The number of carbonyl (C=O) groups excluding carboxylic acids is 1. The molecule has 78 valence electrons. The SMILES string of the molecule is CCCCNCCCOC(=O)NC. The topological polar surface area (TPSA) is 50.4 Å². The minimum Gasteiger partial charge on any atom is -0.450 e. The molecule has 13 heavy (non-hydrogen) atoms. The Bertz CT molecular complexity index is 129. The molecule has 0 aromatic rings. The molecule has 0 aromatic carbocycles. The number of hydrogen-bond acceptors (Lipinski definition) is 3. The minimum absolute atomic E-state index is 0.353. The average molecular weight is 188 g/mol. The summed E-state index contributed by atoms with van der Waals surface area (Å²) < 4.78 is 4.81. The molecule has 0 unspecified atom stereocenters. The summed E-state index contributed by atoms with van der Waals surface area (Å²) in [5.74, 6) is 0. The second-order valence-electron chi connectivity index (χ2n) is 2.84. The first kappa shape index (κ1) is 12.2. The first-order valence-electron chi connectivity index (χ1n) is 4.86. The van der Waals surface area contributed by atoms with E-state index in [0.29, 0.717) is 6.61 Å². The summed E-state index contributed by atoms with van der Waals surface area (Å²) in [6, 6.07) is 0. The van der Waals surface area contributed by atoms with Crippen molar-refractivity contribution in [3.63, 3.8) is 0 Å². The first-order chi connectivity index (χ1) is 6.31. The van der Waals surface area contributed by atoms with Crippen LogP contribution in [0.25, 0.3) is 0 Å². The van der Waals surface area contributed by atoms with Crippen molar-refractivity contribution >= 4 is 6.09 Å². The Morgan fingerprint density at radius 3 is 2.62 bits per heavy atom. The maximum atomic E-state index is 10.6. The highest BCUT2D eigenvalue weighted by atomic mass is 16.5. The van der Waals surface area contributed by atoms with E-state index in [1.807, 2.05) is 0 Å². The van der Waals surface area contributed by atoms with Crippen LogP contribution in [0, 0.1) is 0 Å². The van der Waals surface area contributed by atoms with Crippen LogP contribution in [0.5, 0.6) is 0 Å². The third kappa shape index (κ3) is 9.14. The predicted octanol–water partition coefficient (Wildman–Crippen LogP) is 1.12. The van der Waals surface area contributed by atoms with E-state index in [2.05, 4.69) is 17.6 Å². The molecule has 4 heteroatoms. The van der Waals surface area contributed by atoms with Gasteiger partial charge in [-0.1, -0.05) is 13.3 Å². The second kappa shape index (κ2) is 9.32. The molecule has 1 amide bonds. The summed E-state index contributed by atoms with van der Waals surface area (Å²) in [4.78, 5) is 10.6. The van der Waals surface area contributed by atoms with Crippen molar-refractivity contribution in [2.45, 2.75) is 26.2 Å². The fourth-order valence-corrected chi connectivity index (χ4v) is 0.861. The van der Waals surface area contributed by atoms with Gasteiger partial charge in [0.1, 0.15) is 0 Å². The van der Waals surface area contributed by atoms with Gasteiger partial charge in [-0.3, -0.25) is 0 Å². The van der Waals surface area contributed by atoms with Crippen LogP contribution in [0.2, 0.25) is 0 Å². The highest BCUT2D eigenvalue weighted by Gasteiger charge is 1.95. The van der Waals surface area contributed by atoms with E-state index in [-0.39, 0.29) is 6.09 Å². The molecule has 0 heterocycles. The van der Waals surface area contributed by atoms with Gasteiger partial charge in [-0.25, -0.2) is 4.79 Å². The maximum absolute atomic E-state index is 10.6. The number of hydrogen-bond donors (Lipinski definition) is 2. The van der Waals surface area contributed by atoms with E-state index >= 15 is 0 Å². The number of unbranched alkanes of at least 4 members (excludes halogenated alkanes) is 1. The van der Waals surface area contributed by atoms with Crippen LogP contribution in [-0.4, -0.2) is 32.8 Å². The fourth-order valence-electron chi connectivity index (χ4n) is 0.861. The highest BCUT2D eigenvalue weighted by Crippen LogP contribution is 1.84. The zero-order chi connectivity index (χ0) is 9.94. The third-order valence-corrected chi connectivity index (χ3v) is 1.64. The number of nitrogens with one attached hydrogen (secondary N) is 2. The Kier molecular flexibility index (Phi) is 8.77. The summed E-state index contributed by atoms with van der Waals surface area (Å²) in [6.07, 6.45) is 2.93. The molecular formula is C9H20N2O2. The molecule has 0 fully saturated rings. The highest BCUT2D eigenvalue weighted by molar-refractivity contribution is 5.66. The van der Waals surface area contributed by atoms with Gasteiger partial charge in [0.05, 0.1) is 6.61 Å². The van der Waals surface area contributed by atoms with Gasteiger partial charge in [0.2, 0.25) is 0 Å². The predicted molar refractivity (Wildman–Crippen MR) is 52.8 cm³/mol. The largest absolute Gasteiger partial charge is 0.450 e.